The summed E-state index contributed by atoms with van der Waals surface area (Å²) in [4.78, 5) is 27.9. The summed E-state index contributed by atoms with van der Waals surface area (Å²) < 4.78 is 37.9. The van der Waals surface area contributed by atoms with E-state index in [1.807, 2.05) is 6.92 Å². The Hall–Kier alpha value is -3.57. The molecule has 0 saturated heterocycles. The predicted octanol–water partition coefficient (Wildman–Crippen LogP) is 2.74. The third-order valence-corrected chi connectivity index (χ3v) is 4.52. The second-order valence-corrected chi connectivity index (χ2v) is 6.75. The molecule has 0 aliphatic rings. The highest BCUT2D eigenvalue weighted by Gasteiger charge is 2.31. The zero-order chi connectivity index (χ0) is 22.6. The molecule has 0 unspecified atom stereocenters. The molecule has 1 amide bonds. The van der Waals surface area contributed by atoms with Crippen LogP contribution in [0.25, 0.3) is 5.69 Å². The maximum absolute atomic E-state index is 13.3. The molecule has 0 aliphatic carbocycles. The smallest absolute Gasteiger partial charge is 0.352 e. The van der Waals surface area contributed by atoms with Crippen molar-refractivity contribution in [3.8, 4) is 5.69 Å². The zero-order valence-corrected chi connectivity index (χ0v) is 17.1. The number of likely N-dealkylation sites (N-methyl/N-ethyl adjacent to an activating group) is 1. The van der Waals surface area contributed by atoms with Crippen molar-refractivity contribution in [3.63, 3.8) is 0 Å². The molecule has 164 valence electrons. The number of halogens is 3. The maximum Gasteiger partial charge on any atom is 0.419 e. The number of carbonyl (C=O) groups excluding carboxylic acids is 1. The molecule has 12 heteroatoms. The van der Waals surface area contributed by atoms with Crippen LogP contribution in [-0.4, -0.2) is 59.9 Å². The largest absolute Gasteiger partial charge is 0.419 e. The molecule has 1 N–H and O–H groups in total. The summed E-state index contributed by atoms with van der Waals surface area (Å²) in [5, 5.41) is 11.0. The molecule has 0 spiro atoms. The minimum absolute atomic E-state index is 0.0402. The summed E-state index contributed by atoms with van der Waals surface area (Å²) in [7, 11) is 0. The van der Waals surface area contributed by atoms with Gasteiger partial charge in [-0.15, -0.1) is 4.80 Å². The number of nitrogens with one attached hydrogen (secondary N) is 1. The molecule has 0 aliphatic heterocycles. The zero-order valence-electron chi connectivity index (χ0n) is 17.1. The number of alkyl halides is 3. The molecule has 9 nitrogen and oxygen atoms in total. The van der Waals surface area contributed by atoms with Crippen LogP contribution in [0.15, 0.2) is 36.9 Å². The third kappa shape index (κ3) is 5.13. The number of nitrogens with zero attached hydrogens (tertiary/aromatic N) is 7. The molecule has 0 radical (unpaired) electrons. The van der Waals surface area contributed by atoms with Crippen LogP contribution in [0.2, 0.25) is 0 Å². The molecule has 31 heavy (non-hydrogen) atoms. The number of carbonyl (C=O) groups is 1. The SMILES string of the molecule is CCN(C(=O)c1nc(C)ccc1-n1nccn1)[C@@H](C)CNc1ncc(C(F)(F)F)cn1. The Labute approximate surface area is 176 Å². The average Bonchev–Trinajstić information content (AvgIpc) is 3.27. The van der Waals surface area contributed by atoms with Crippen LogP contribution in [-0.2, 0) is 6.18 Å². The standard InChI is InChI=1S/C19H21F3N8O/c1-4-29(13(3)9-23-18-24-10-14(11-25-18)19(20,21)22)17(31)16-15(6-5-12(2)28-16)30-26-7-8-27-30/h5-8,10-11,13H,4,9H2,1-3H3,(H,23,24,25)/t13-/m0/s1. The Morgan fingerprint density at radius 1 is 1.19 bits per heavy atom. The van der Waals surface area contributed by atoms with Crippen molar-refractivity contribution < 1.29 is 18.0 Å². The van der Waals surface area contributed by atoms with Crippen LogP contribution in [0.3, 0.4) is 0 Å². The van der Waals surface area contributed by atoms with Gasteiger partial charge in [-0.1, -0.05) is 0 Å². The Kier molecular flexibility index (Phi) is 6.47. The van der Waals surface area contributed by atoms with Gasteiger partial charge in [-0.2, -0.15) is 23.4 Å². The predicted molar refractivity (Wildman–Crippen MR) is 106 cm³/mol. The molecule has 3 rings (SSSR count). The third-order valence-electron chi connectivity index (χ3n) is 4.52. The van der Waals surface area contributed by atoms with Crippen LogP contribution in [0.1, 0.15) is 35.6 Å². The summed E-state index contributed by atoms with van der Waals surface area (Å²) in [6.07, 6.45) is -0.0741. The van der Waals surface area contributed by atoms with Crippen LogP contribution in [0.5, 0.6) is 0 Å². The van der Waals surface area contributed by atoms with E-state index in [4.69, 9.17) is 0 Å². The first-order valence-corrected chi connectivity index (χ1v) is 9.49. The minimum atomic E-state index is -4.50. The van der Waals surface area contributed by atoms with Crippen LogP contribution in [0, 0.1) is 6.92 Å². The van der Waals surface area contributed by atoms with Crippen molar-refractivity contribution in [2.75, 3.05) is 18.4 Å². The second kappa shape index (κ2) is 9.06. The molecular formula is C19H21F3N8O. The number of anilines is 1. The van der Waals surface area contributed by atoms with E-state index in [9.17, 15) is 18.0 Å². The first kappa shape index (κ1) is 22.1. The summed E-state index contributed by atoms with van der Waals surface area (Å²) >= 11 is 0. The van der Waals surface area contributed by atoms with Gasteiger partial charge in [-0.25, -0.2) is 15.0 Å². The van der Waals surface area contributed by atoms with Crippen molar-refractivity contribution in [2.45, 2.75) is 33.0 Å². The topological polar surface area (TPSA) is 102 Å². The Morgan fingerprint density at radius 2 is 1.84 bits per heavy atom. The summed E-state index contributed by atoms with van der Waals surface area (Å²) in [5.41, 5.74) is 0.391. The van der Waals surface area contributed by atoms with Gasteiger partial charge in [-0.05, 0) is 32.9 Å². The lowest BCUT2D eigenvalue weighted by Gasteiger charge is -2.28. The lowest BCUT2D eigenvalue weighted by Crippen LogP contribution is -2.43. The first-order valence-electron chi connectivity index (χ1n) is 9.49. The van der Waals surface area contributed by atoms with Crippen molar-refractivity contribution in [1.29, 1.82) is 0 Å². The second-order valence-electron chi connectivity index (χ2n) is 6.75. The average molecular weight is 434 g/mol. The molecule has 0 fully saturated rings. The molecule has 3 heterocycles. The van der Waals surface area contributed by atoms with E-state index in [2.05, 4.69) is 30.5 Å². The fourth-order valence-electron chi connectivity index (χ4n) is 2.91. The molecule has 3 aromatic heterocycles. The highest BCUT2D eigenvalue weighted by Crippen LogP contribution is 2.28. The lowest BCUT2D eigenvalue weighted by atomic mass is 10.2. The van der Waals surface area contributed by atoms with E-state index >= 15 is 0 Å². The quantitative estimate of drug-likeness (QED) is 0.610. The van der Waals surface area contributed by atoms with Crippen molar-refractivity contribution in [1.82, 2.24) is 34.8 Å². The Balaban J connectivity index is 1.74. The van der Waals surface area contributed by atoms with E-state index in [-0.39, 0.29) is 30.1 Å². The van der Waals surface area contributed by atoms with Crippen LogP contribution in [0.4, 0.5) is 19.1 Å². The monoisotopic (exact) mass is 434 g/mol. The highest BCUT2D eigenvalue weighted by molar-refractivity contribution is 5.96. The number of hydrogen-bond acceptors (Lipinski definition) is 7. The lowest BCUT2D eigenvalue weighted by molar-refractivity contribution is -0.138. The Bertz CT molecular complexity index is 1020. The van der Waals surface area contributed by atoms with E-state index < -0.39 is 11.7 Å². The molecular weight excluding hydrogens is 413 g/mol. The van der Waals surface area contributed by atoms with Crippen molar-refractivity contribution in [3.05, 3.63) is 53.9 Å². The number of amides is 1. The summed E-state index contributed by atoms with van der Waals surface area (Å²) in [6, 6.07) is 3.16. The maximum atomic E-state index is 13.3. The van der Waals surface area contributed by atoms with Crippen LogP contribution >= 0.6 is 0 Å². The van der Waals surface area contributed by atoms with Gasteiger partial charge in [0.15, 0.2) is 5.69 Å². The van der Waals surface area contributed by atoms with Gasteiger partial charge in [0.25, 0.3) is 5.91 Å². The fourth-order valence-corrected chi connectivity index (χ4v) is 2.91. The molecule has 0 aromatic carbocycles. The van der Waals surface area contributed by atoms with Gasteiger partial charge in [-0.3, -0.25) is 4.79 Å². The van der Waals surface area contributed by atoms with Crippen LogP contribution < -0.4 is 5.32 Å². The highest BCUT2D eigenvalue weighted by atomic mass is 19.4. The Morgan fingerprint density at radius 3 is 2.42 bits per heavy atom. The molecule has 1 atom stereocenters. The minimum Gasteiger partial charge on any atom is -0.352 e. The van der Waals surface area contributed by atoms with Gasteiger partial charge < -0.3 is 10.2 Å². The van der Waals surface area contributed by atoms with Gasteiger partial charge in [0.2, 0.25) is 5.95 Å². The summed E-state index contributed by atoms with van der Waals surface area (Å²) in [6.45, 7) is 6.02. The van der Waals surface area contributed by atoms with Gasteiger partial charge >= 0.3 is 6.18 Å². The fraction of sp³-hybridized carbons (Fsp3) is 0.368. The van der Waals surface area contributed by atoms with Gasteiger partial charge in [0.05, 0.1) is 18.0 Å². The summed E-state index contributed by atoms with van der Waals surface area (Å²) in [5.74, 6) is -0.278. The number of rotatable bonds is 7. The number of hydrogen-bond donors (Lipinski definition) is 1. The van der Waals surface area contributed by atoms with E-state index in [1.54, 1.807) is 30.9 Å². The van der Waals surface area contributed by atoms with E-state index in [0.29, 0.717) is 30.3 Å². The normalized spacial score (nSPS) is 12.5. The molecule has 3 aromatic rings. The first-order chi connectivity index (χ1) is 14.7. The van der Waals surface area contributed by atoms with Crippen molar-refractivity contribution in [2.24, 2.45) is 0 Å². The van der Waals surface area contributed by atoms with E-state index in [0.717, 1.165) is 0 Å². The molecule has 0 bridgehead atoms. The van der Waals surface area contributed by atoms with Gasteiger partial charge in [0.1, 0.15) is 5.69 Å². The van der Waals surface area contributed by atoms with Gasteiger partial charge in [0, 0.05) is 37.2 Å². The number of aromatic nitrogens is 6. The number of aryl methyl sites for hydroxylation is 1. The molecule has 0 saturated carbocycles. The number of pyridine rings is 1. The van der Waals surface area contributed by atoms with Crippen molar-refractivity contribution >= 4 is 11.9 Å². The van der Waals surface area contributed by atoms with E-state index in [1.165, 1.54) is 17.2 Å².